The molecule has 0 fully saturated rings. The third-order valence-electron chi connectivity index (χ3n) is 4.34. The van der Waals surface area contributed by atoms with Crippen molar-refractivity contribution in [3.63, 3.8) is 0 Å². The van der Waals surface area contributed by atoms with Gasteiger partial charge in [0, 0.05) is 18.8 Å². The molecule has 136 valence electrons. The normalized spacial score (nSPS) is 11.0. The average Bonchev–Trinajstić information content (AvgIpc) is 3.28. The molecule has 0 atom stereocenters. The number of carbonyl (C=O) groups is 1. The van der Waals surface area contributed by atoms with E-state index in [0.29, 0.717) is 5.13 Å². The highest BCUT2D eigenvalue weighted by Crippen LogP contribution is 2.33. The van der Waals surface area contributed by atoms with Gasteiger partial charge in [-0.25, -0.2) is 9.97 Å². The maximum atomic E-state index is 12.3. The van der Waals surface area contributed by atoms with Crippen LogP contribution in [0.5, 0.6) is 0 Å². The van der Waals surface area contributed by atoms with E-state index in [2.05, 4.69) is 17.6 Å². The number of aromatic nitrogens is 3. The van der Waals surface area contributed by atoms with Gasteiger partial charge in [-0.15, -0.1) is 11.3 Å². The Labute approximate surface area is 161 Å². The van der Waals surface area contributed by atoms with E-state index >= 15 is 0 Å². The Morgan fingerprint density at radius 1 is 1.07 bits per heavy atom. The Morgan fingerprint density at radius 2 is 1.81 bits per heavy atom. The minimum atomic E-state index is -0.0656. The molecule has 0 spiro atoms. The van der Waals surface area contributed by atoms with Crippen LogP contribution < -0.4 is 4.90 Å². The first-order valence-corrected chi connectivity index (χ1v) is 9.84. The summed E-state index contributed by atoms with van der Waals surface area (Å²) >= 11 is 1.45. The summed E-state index contributed by atoms with van der Waals surface area (Å²) in [7, 11) is 0. The molecule has 0 aliphatic heterocycles. The van der Waals surface area contributed by atoms with E-state index in [1.165, 1.54) is 11.3 Å². The summed E-state index contributed by atoms with van der Waals surface area (Å²) in [6, 6.07) is 17.7. The van der Waals surface area contributed by atoms with Gasteiger partial charge in [-0.1, -0.05) is 37.3 Å². The number of thiazole rings is 1. The van der Waals surface area contributed by atoms with Crippen molar-refractivity contribution in [2.75, 3.05) is 4.90 Å². The molecule has 4 rings (SSSR count). The molecule has 5 nitrogen and oxygen atoms in total. The molecule has 2 heterocycles. The second-order valence-electron chi connectivity index (χ2n) is 6.28. The SMILES string of the molecule is CCCn1c(-c2csc(N(C(C)=O)c3ccccc3)n2)nc2ccccc21. The number of fused-ring (bicyclic) bond motifs is 1. The highest BCUT2D eigenvalue weighted by atomic mass is 32.1. The molecule has 0 radical (unpaired) electrons. The number of benzene rings is 2. The summed E-state index contributed by atoms with van der Waals surface area (Å²) in [5.41, 5.74) is 3.67. The van der Waals surface area contributed by atoms with E-state index in [4.69, 9.17) is 9.97 Å². The minimum Gasteiger partial charge on any atom is -0.323 e. The van der Waals surface area contributed by atoms with Crippen LogP contribution in [0.15, 0.2) is 60.0 Å². The van der Waals surface area contributed by atoms with E-state index in [1.807, 2.05) is 53.9 Å². The van der Waals surface area contributed by atoms with Crippen LogP contribution in [0.2, 0.25) is 0 Å². The zero-order valence-electron chi connectivity index (χ0n) is 15.3. The van der Waals surface area contributed by atoms with Crippen molar-refractivity contribution < 1.29 is 4.79 Å². The number of rotatable bonds is 5. The van der Waals surface area contributed by atoms with Gasteiger partial charge in [-0.05, 0) is 30.7 Å². The zero-order chi connectivity index (χ0) is 18.8. The van der Waals surface area contributed by atoms with Crippen LogP contribution in [0, 0.1) is 0 Å². The molecular weight excluding hydrogens is 356 g/mol. The van der Waals surface area contributed by atoms with Crippen molar-refractivity contribution in [1.82, 2.24) is 14.5 Å². The first-order valence-electron chi connectivity index (χ1n) is 8.96. The largest absolute Gasteiger partial charge is 0.323 e. The van der Waals surface area contributed by atoms with Crippen molar-refractivity contribution in [2.24, 2.45) is 0 Å². The number of anilines is 2. The molecule has 0 saturated carbocycles. The summed E-state index contributed by atoms with van der Waals surface area (Å²) in [5.74, 6) is 0.779. The third-order valence-corrected chi connectivity index (χ3v) is 5.17. The smallest absolute Gasteiger partial charge is 0.230 e. The Morgan fingerprint density at radius 3 is 2.56 bits per heavy atom. The zero-order valence-corrected chi connectivity index (χ0v) is 16.1. The van der Waals surface area contributed by atoms with Gasteiger partial charge in [0.05, 0.1) is 16.7 Å². The van der Waals surface area contributed by atoms with Gasteiger partial charge in [-0.2, -0.15) is 0 Å². The van der Waals surface area contributed by atoms with Crippen molar-refractivity contribution in [2.45, 2.75) is 26.8 Å². The van der Waals surface area contributed by atoms with Crippen LogP contribution in [0.25, 0.3) is 22.6 Å². The Bertz CT molecular complexity index is 1080. The fraction of sp³-hybridized carbons (Fsp3) is 0.190. The second kappa shape index (κ2) is 7.32. The monoisotopic (exact) mass is 376 g/mol. The predicted octanol–water partition coefficient (Wildman–Crippen LogP) is 5.25. The fourth-order valence-electron chi connectivity index (χ4n) is 3.19. The first-order chi connectivity index (χ1) is 13.2. The number of carbonyl (C=O) groups excluding carboxylic acids is 1. The van der Waals surface area contributed by atoms with E-state index < -0.39 is 0 Å². The quantitative estimate of drug-likeness (QED) is 0.478. The highest BCUT2D eigenvalue weighted by Gasteiger charge is 2.20. The Balaban J connectivity index is 1.79. The highest BCUT2D eigenvalue weighted by molar-refractivity contribution is 7.14. The lowest BCUT2D eigenvalue weighted by atomic mass is 10.3. The van der Waals surface area contributed by atoms with Crippen molar-refractivity contribution in [3.05, 3.63) is 60.0 Å². The maximum absolute atomic E-state index is 12.3. The molecule has 0 aliphatic carbocycles. The lowest BCUT2D eigenvalue weighted by Gasteiger charge is -2.17. The fourth-order valence-corrected chi connectivity index (χ4v) is 4.06. The van der Waals surface area contributed by atoms with Crippen LogP contribution in [0.4, 0.5) is 10.8 Å². The number of para-hydroxylation sites is 3. The van der Waals surface area contributed by atoms with Crippen LogP contribution in [0.1, 0.15) is 20.3 Å². The molecule has 1 amide bonds. The Kier molecular flexibility index (Phi) is 4.73. The molecule has 0 bridgehead atoms. The van der Waals surface area contributed by atoms with Gasteiger partial charge in [0.25, 0.3) is 0 Å². The van der Waals surface area contributed by atoms with Gasteiger partial charge in [-0.3, -0.25) is 9.69 Å². The second-order valence-corrected chi connectivity index (χ2v) is 7.12. The number of hydrogen-bond acceptors (Lipinski definition) is 4. The third kappa shape index (κ3) is 3.24. The van der Waals surface area contributed by atoms with Gasteiger partial charge < -0.3 is 4.57 Å². The lowest BCUT2D eigenvalue weighted by Crippen LogP contribution is -2.22. The van der Waals surface area contributed by atoms with Crippen LogP contribution >= 0.6 is 11.3 Å². The Hall–Kier alpha value is -2.99. The standard InChI is InChI=1S/C21H20N4OS/c1-3-13-24-19-12-8-7-11-17(19)22-20(24)18-14-27-21(23-18)25(15(2)26)16-9-5-4-6-10-16/h4-12,14H,3,13H2,1-2H3. The first kappa shape index (κ1) is 17.4. The summed E-state index contributed by atoms with van der Waals surface area (Å²) in [6.45, 7) is 4.58. The number of amides is 1. The molecule has 0 unspecified atom stereocenters. The maximum Gasteiger partial charge on any atom is 0.230 e. The molecule has 4 aromatic rings. The molecule has 2 aromatic heterocycles. The van der Waals surface area contributed by atoms with Crippen LogP contribution in [0.3, 0.4) is 0 Å². The molecule has 0 aliphatic rings. The number of imidazole rings is 1. The molecule has 0 N–H and O–H groups in total. The summed E-state index contributed by atoms with van der Waals surface area (Å²) in [4.78, 5) is 23.5. The molecule has 27 heavy (non-hydrogen) atoms. The minimum absolute atomic E-state index is 0.0656. The number of aryl methyl sites for hydroxylation is 1. The van der Waals surface area contributed by atoms with Gasteiger partial charge in [0.1, 0.15) is 5.69 Å². The predicted molar refractivity (Wildman–Crippen MR) is 110 cm³/mol. The average molecular weight is 376 g/mol. The van der Waals surface area contributed by atoms with Gasteiger partial charge >= 0.3 is 0 Å². The van der Waals surface area contributed by atoms with E-state index in [-0.39, 0.29) is 5.91 Å². The van der Waals surface area contributed by atoms with Gasteiger partial charge in [0.15, 0.2) is 11.0 Å². The summed E-state index contributed by atoms with van der Waals surface area (Å²) in [5, 5.41) is 2.63. The number of hydrogen-bond donors (Lipinski definition) is 0. The van der Waals surface area contributed by atoms with E-state index in [9.17, 15) is 4.79 Å². The summed E-state index contributed by atoms with van der Waals surface area (Å²) < 4.78 is 2.20. The van der Waals surface area contributed by atoms with Crippen molar-refractivity contribution in [3.8, 4) is 11.5 Å². The van der Waals surface area contributed by atoms with Crippen LogP contribution in [-0.4, -0.2) is 20.4 Å². The molecule has 6 heteroatoms. The lowest BCUT2D eigenvalue weighted by molar-refractivity contribution is -0.115. The van der Waals surface area contributed by atoms with E-state index in [0.717, 1.165) is 41.2 Å². The van der Waals surface area contributed by atoms with Gasteiger partial charge in [0.2, 0.25) is 5.91 Å². The molecule has 2 aromatic carbocycles. The summed E-state index contributed by atoms with van der Waals surface area (Å²) in [6.07, 6.45) is 1.01. The van der Waals surface area contributed by atoms with Crippen LogP contribution in [-0.2, 0) is 11.3 Å². The van der Waals surface area contributed by atoms with Crippen molar-refractivity contribution >= 4 is 39.1 Å². The topological polar surface area (TPSA) is 51.0 Å². The molecular formula is C21H20N4OS. The van der Waals surface area contributed by atoms with Crippen molar-refractivity contribution in [1.29, 1.82) is 0 Å². The molecule has 0 saturated heterocycles. The number of nitrogens with zero attached hydrogens (tertiary/aromatic N) is 4. The van der Waals surface area contributed by atoms with E-state index in [1.54, 1.807) is 11.8 Å².